The maximum atomic E-state index is 12.8. The number of hydrazine groups is 1. The van der Waals surface area contributed by atoms with E-state index in [1.807, 2.05) is 6.07 Å². The van der Waals surface area contributed by atoms with Gasteiger partial charge < -0.3 is 10.1 Å². The van der Waals surface area contributed by atoms with Gasteiger partial charge in [0.1, 0.15) is 5.75 Å². The van der Waals surface area contributed by atoms with E-state index in [-0.39, 0.29) is 33.9 Å². The number of pyridine rings is 1. The van der Waals surface area contributed by atoms with Gasteiger partial charge in [0, 0.05) is 17.1 Å². The van der Waals surface area contributed by atoms with E-state index in [9.17, 15) is 9.59 Å². The number of aromatic nitrogens is 1. The Morgan fingerprint density at radius 2 is 1.53 bits per heavy atom. The van der Waals surface area contributed by atoms with E-state index in [1.165, 1.54) is 0 Å². The average Bonchev–Trinajstić information content (AvgIpc) is 2.82. The van der Waals surface area contributed by atoms with Gasteiger partial charge >= 0.3 is 0 Å². The molecule has 10 heteroatoms. The molecule has 34 heavy (non-hydrogen) atoms. The van der Waals surface area contributed by atoms with E-state index >= 15 is 0 Å². The van der Waals surface area contributed by atoms with Crippen molar-refractivity contribution in [2.24, 2.45) is 0 Å². The summed E-state index contributed by atoms with van der Waals surface area (Å²) in [5, 5.41) is 4.00. The molecule has 4 aromatic rings. The van der Waals surface area contributed by atoms with Crippen molar-refractivity contribution < 1.29 is 14.3 Å². The van der Waals surface area contributed by atoms with Gasteiger partial charge in [-0.15, -0.1) is 12.4 Å². The molecule has 174 valence electrons. The largest absolute Gasteiger partial charge is 0.497 e. The molecule has 0 unspecified atom stereocenters. The molecule has 0 spiro atoms. The van der Waals surface area contributed by atoms with Crippen LogP contribution in [-0.2, 0) is 0 Å². The Hall–Kier alpha value is -3.52. The second kappa shape index (κ2) is 11.1. The monoisotopic (exact) mass is 516 g/mol. The van der Waals surface area contributed by atoms with Crippen LogP contribution in [-0.4, -0.2) is 23.9 Å². The maximum Gasteiger partial charge on any atom is 0.269 e. The summed E-state index contributed by atoms with van der Waals surface area (Å²) < 4.78 is 5.11. The normalized spacial score (nSPS) is 10.2. The predicted molar refractivity (Wildman–Crippen MR) is 137 cm³/mol. The van der Waals surface area contributed by atoms with Gasteiger partial charge in [-0.2, -0.15) is 0 Å². The standard InChI is InChI=1S/C24H18Cl2N4O3.ClH/c1-33-15-10-8-14(9-11-15)23(31)30-29-19-12-13-27-22-16(19)4-2-7-20(22)28-24(32)21-17(25)5-3-6-18(21)26;/h2-13H,1H3,(H,27,29)(H,28,32)(H,30,31);1H. The predicted octanol–water partition coefficient (Wildman–Crippen LogP) is 5.98. The highest BCUT2D eigenvalue weighted by Gasteiger charge is 2.16. The van der Waals surface area contributed by atoms with Crippen molar-refractivity contribution in [1.29, 1.82) is 0 Å². The Bertz CT molecular complexity index is 1330. The molecule has 3 N–H and O–H groups in total. The van der Waals surface area contributed by atoms with Crippen LogP contribution in [0.25, 0.3) is 10.9 Å². The minimum Gasteiger partial charge on any atom is -0.497 e. The zero-order valence-corrected chi connectivity index (χ0v) is 20.1. The van der Waals surface area contributed by atoms with Gasteiger partial charge in [0.25, 0.3) is 11.8 Å². The lowest BCUT2D eigenvalue weighted by Gasteiger charge is -2.14. The zero-order valence-electron chi connectivity index (χ0n) is 17.8. The molecule has 0 saturated carbocycles. The van der Waals surface area contributed by atoms with Gasteiger partial charge in [0.2, 0.25) is 0 Å². The molecular weight excluding hydrogens is 499 g/mol. The lowest BCUT2D eigenvalue weighted by atomic mass is 10.1. The van der Waals surface area contributed by atoms with Crippen molar-refractivity contribution in [3.63, 3.8) is 0 Å². The number of para-hydroxylation sites is 1. The summed E-state index contributed by atoms with van der Waals surface area (Å²) in [4.78, 5) is 29.7. The lowest BCUT2D eigenvalue weighted by molar-refractivity contribution is 0.0961. The highest BCUT2D eigenvalue weighted by Crippen LogP contribution is 2.29. The molecule has 1 heterocycles. The minimum atomic E-state index is -0.453. The molecule has 0 aliphatic rings. The summed E-state index contributed by atoms with van der Waals surface area (Å²) in [5.74, 6) is -0.112. The van der Waals surface area contributed by atoms with Crippen LogP contribution in [0.4, 0.5) is 11.4 Å². The molecule has 0 atom stereocenters. The number of carbonyl (C=O) groups excluding carboxylic acids is 2. The summed E-state index contributed by atoms with van der Waals surface area (Å²) in [6, 6.07) is 18.6. The van der Waals surface area contributed by atoms with Crippen LogP contribution in [0.5, 0.6) is 5.75 Å². The Kier molecular flexibility index (Phi) is 8.17. The molecule has 0 saturated heterocycles. The molecule has 0 bridgehead atoms. The first-order valence-corrected chi connectivity index (χ1v) is 10.6. The van der Waals surface area contributed by atoms with E-state index < -0.39 is 5.91 Å². The van der Waals surface area contributed by atoms with Crippen LogP contribution >= 0.6 is 35.6 Å². The van der Waals surface area contributed by atoms with Gasteiger partial charge in [-0.25, -0.2) is 0 Å². The topological polar surface area (TPSA) is 92.3 Å². The second-order valence-corrected chi connectivity index (χ2v) is 7.73. The Labute approximate surface area is 211 Å². The first-order chi connectivity index (χ1) is 16.0. The van der Waals surface area contributed by atoms with Gasteiger partial charge in [-0.1, -0.05) is 41.4 Å². The highest BCUT2D eigenvalue weighted by atomic mass is 35.5. The number of nitrogens with zero attached hydrogens (tertiary/aromatic N) is 1. The number of hydrogen-bond donors (Lipinski definition) is 3. The van der Waals surface area contributed by atoms with Crippen molar-refractivity contribution in [3.8, 4) is 5.75 Å². The summed E-state index contributed by atoms with van der Waals surface area (Å²) >= 11 is 12.3. The van der Waals surface area contributed by atoms with Crippen molar-refractivity contribution in [2.45, 2.75) is 0 Å². The van der Waals surface area contributed by atoms with Crippen molar-refractivity contribution >= 4 is 69.7 Å². The van der Waals surface area contributed by atoms with Gasteiger partial charge in [-0.05, 0) is 48.5 Å². The first-order valence-electron chi connectivity index (χ1n) is 9.81. The molecular formula is C24H19Cl3N4O3. The van der Waals surface area contributed by atoms with Gasteiger partial charge in [0.15, 0.2) is 0 Å². The molecule has 2 amide bonds. The summed E-state index contributed by atoms with van der Waals surface area (Å²) in [6.07, 6.45) is 1.57. The summed E-state index contributed by atoms with van der Waals surface area (Å²) in [6.45, 7) is 0. The molecule has 0 radical (unpaired) electrons. The third-order valence-corrected chi connectivity index (χ3v) is 5.50. The number of anilines is 2. The van der Waals surface area contributed by atoms with E-state index in [0.717, 1.165) is 0 Å². The summed E-state index contributed by atoms with van der Waals surface area (Å²) in [5.41, 5.74) is 7.83. The molecule has 4 rings (SSSR count). The van der Waals surface area contributed by atoms with E-state index in [1.54, 1.807) is 74.0 Å². The zero-order chi connectivity index (χ0) is 23.4. The molecule has 0 fully saturated rings. The fourth-order valence-electron chi connectivity index (χ4n) is 3.22. The number of halogens is 3. The number of hydrogen-bond acceptors (Lipinski definition) is 5. The number of nitrogens with one attached hydrogen (secondary N) is 3. The van der Waals surface area contributed by atoms with Crippen LogP contribution in [0.2, 0.25) is 10.0 Å². The van der Waals surface area contributed by atoms with Crippen LogP contribution < -0.4 is 20.9 Å². The molecule has 3 aromatic carbocycles. The van der Waals surface area contributed by atoms with E-state index in [4.69, 9.17) is 27.9 Å². The van der Waals surface area contributed by atoms with E-state index in [0.29, 0.717) is 33.6 Å². The lowest BCUT2D eigenvalue weighted by Crippen LogP contribution is -2.29. The number of amides is 2. The van der Waals surface area contributed by atoms with Crippen LogP contribution in [0, 0.1) is 0 Å². The van der Waals surface area contributed by atoms with Crippen molar-refractivity contribution in [2.75, 3.05) is 17.9 Å². The smallest absolute Gasteiger partial charge is 0.269 e. The fourth-order valence-corrected chi connectivity index (χ4v) is 3.79. The SMILES string of the molecule is COc1ccc(C(=O)NNc2ccnc3c(NC(=O)c4c(Cl)cccc4Cl)cccc23)cc1.Cl. The van der Waals surface area contributed by atoms with Gasteiger partial charge in [0.05, 0.1) is 39.6 Å². The highest BCUT2D eigenvalue weighted by molar-refractivity contribution is 6.40. The summed E-state index contributed by atoms with van der Waals surface area (Å²) in [7, 11) is 1.56. The second-order valence-electron chi connectivity index (χ2n) is 6.92. The fraction of sp³-hybridized carbons (Fsp3) is 0.0417. The van der Waals surface area contributed by atoms with Crippen molar-refractivity contribution in [1.82, 2.24) is 10.4 Å². The molecule has 0 aliphatic carbocycles. The minimum absolute atomic E-state index is 0. The quantitative estimate of drug-likeness (QED) is 0.274. The molecule has 1 aromatic heterocycles. The Balaban J connectivity index is 0.00000324. The third-order valence-electron chi connectivity index (χ3n) is 4.87. The van der Waals surface area contributed by atoms with Crippen LogP contribution in [0.3, 0.4) is 0 Å². The van der Waals surface area contributed by atoms with Crippen LogP contribution in [0.1, 0.15) is 20.7 Å². The number of ether oxygens (including phenoxy) is 1. The van der Waals surface area contributed by atoms with Crippen LogP contribution in [0.15, 0.2) is 72.9 Å². The number of methoxy groups -OCH3 is 1. The van der Waals surface area contributed by atoms with Crippen molar-refractivity contribution in [3.05, 3.63) is 94.1 Å². The number of rotatable bonds is 6. The number of fused-ring (bicyclic) bond motifs is 1. The number of carbonyl (C=O) groups is 2. The van der Waals surface area contributed by atoms with E-state index in [2.05, 4.69) is 21.2 Å². The Morgan fingerprint density at radius 1 is 0.853 bits per heavy atom. The first kappa shape index (κ1) is 25.1. The third kappa shape index (κ3) is 5.34. The average molecular weight is 518 g/mol. The van der Waals surface area contributed by atoms with Gasteiger partial charge in [-0.3, -0.25) is 25.4 Å². The Morgan fingerprint density at radius 3 is 2.21 bits per heavy atom. The molecule has 7 nitrogen and oxygen atoms in total. The number of benzene rings is 3. The maximum absolute atomic E-state index is 12.8. The molecule has 0 aliphatic heterocycles.